The molecule has 2 N–H and O–H groups in total. The maximum Gasteiger partial charge on any atom is 0.261 e. The zero-order chi connectivity index (χ0) is 20.4. The third kappa shape index (κ3) is 3.99. The highest BCUT2D eigenvalue weighted by Crippen LogP contribution is 2.34. The summed E-state index contributed by atoms with van der Waals surface area (Å²) < 4.78 is 34.5. The molecule has 3 aromatic carbocycles. The van der Waals surface area contributed by atoms with Crippen molar-refractivity contribution in [3.8, 4) is 5.75 Å². The topological polar surface area (TPSA) is 70.7 Å². The van der Waals surface area contributed by atoms with Crippen LogP contribution < -0.4 is 19.7 Å². The predicted molar refractivity (Wildman–Crippen MR) is 118 cm³/mol. The van der Waals surface area contributed by atoms with E-state index in [1.165, 1.54) is 0 Å². The van der Waals surface area contributed by atoms with Crippen LogP contribution in [0, 0.1) is 0 Å². The molecule has 0 saturated carbocycles. The summed E-state index contributed by atoms with van der Waals surface area (Å²) in [5, 5.41) is 5.42. The SMILES string of the molecule is COc1ccc(S(=O)(=O)Nc2ccc(Cl)c3ccccc23)cc1N1CCNCC1. The number of benzene rings is 3. The van der Waals surface area contributed by atoms with Gasteiger partial charge in [-0.2, -0.15) is 0 Å². The zero-order valence-electron chi connectivity index (χ0n) is 16.0. The molecule has 29 heavy (non-hydrogen) atoms. The first-order chi connectivity index (χ1) is 14.0. The summed E-state index contributed by atoms with van der Waals surface area (Å²) in [6.45, 7) is 3.26. The van der Waals surface area contributed by atoms with Crippen molar-refractivity contribution in [2.45, 2.75) is 4.90 Å². The van der Waals surface area contributed by atoms with Gasteiger partial charge in [-0.1, -0.05) is 35.9 Å². The molecule has 0 atom stereocenters. The highest BCUT2D eigenvalue weighted by atomic mass is 35.5. The van der Waals surface area contributed by atoms with Crippen LogP contribution >= 0.6 is 11.6 Å². The number of nitrogens with zero attached hydrogens (tertiary/aromatic N) is 1. The predicted octanol–water partition coefficient (Wildman–Crippen LogP) is 3.71. The highest BCUT2D eigenvalue weighted by molar-refractivity contribution is 7.92. The lowest BCUT2D eigenvalue weighted by molar-refractivity contribution is 0.412. The minimum atomic E-state index is -3.79. The maximum atomic E-state index is 13.1. The molecule has 0 radical (unpaired) electrons. The lowest BCUT2D eigenvalue weighted by Crippen LogP contribution is -2.43. The minimum absolute atomic E-state index is 0.186. The van der Waals surface area contributed by atoms with Gasteiger partial charge in [-0.3, -0.25) is 4.72 Å². The van der Waals surface area contributed by atoms with E-state index in [9.17, 15) is 8.42 Å². The standard InChI is InChI=1S/C21H22ClN3O3S/c1-28-21-9-6-15(14-20(21)25-12-10-23-11-13-25)29(26,27)24-19-8-7-18(22)16-4-2-3-5-17(16)19/h2-9,14,23-24H,10-13H2,1H3. The average Bonchev–Trinajstić information content (AvgIpc) is 2.76. The van der Waals surface area contributed by atoms with Crippen LogP contribution in [0.2, 0.25) is 5.02 Å². The smallest absolute Gasteiger partial charge is 0.261 e. The number of ether oxygens (including phenoxy) is 1. The van der Waals surface area contributed by atoms with E-state index >= 15 is 0 Å². The van der Waals surface area contributed by atoms with Gasteiger partial charge >= 0.3 is 0 Å². The Morgan fingerprint density at radius 3 is 2.48 bits per heavy atom. The van der Waals surface area contributed by atoms with Crippen LogP contribution in [-0.2, 0) is 10.0 Å². The van der Waals surface area contributed by atoms with Crippen molar-refractivity contribution in [3.05, 3.63) is 59.6 Å². The Hall–Kier alpha value is -2.48. The van der Waals surface area contributed by atoms with E-state index in [2.05, 4.69) is 14.9 Å². The second-order valence-corrected chi connectivity index (χ2v) is 8.91. The van der Waals surface area contributed by atoms with Crippen molar-refractivity contribution in [1.29, 1.82) is 0 Å². The van der Waals surface area contributed by atoms with E-state index in [0.29, 0.717) is 16.5 Å². The molecular weight excluding hydrogens is 410 g/mol. The van der Waals surface area contributed by atoms with Gasteiger partial charge in [0.25, 0.3) is 10.0 Å². The van der Waals surface area contributed by atoms with Gasteiger partial charge in [-0.15, -0.1) is 0 Å². The molecule has 4 rings (SSSR count). The fourth-order valence-electron chi connectivity index (χ4n) is 3.54. The van der Waals surface area contributed by atoms with E-state index < -0.39 is 10.0 Å². The van der Waals surface area contributed by atoms with E-state index in [4.69, 9.17) is 16.3 Å². The summed E-state index contributed by atoms with van der Waals surface area (Å²) in [6.07, 6.45) is 0. The van der Waals surface area contributed by atoms with Gasteiger partial charge in [-0.25, -0.2) is 8.42 Å². The first kappa shape index (κ1) is 19.8. The van der Waals surface area contributed by atoms with Gasteiger partial charge < -0.3 is 15.0 Å². The molecule has 3 aromatic rings. The molecular formula is C21H22ClN3O3S. The summed E-state index contributed by atoms with van der Waals surface area (Å²) in [6, 6.07) is 15.7. The summed E-state index contributed by atoms with van der Waals surface area (Å²) >= 11 is 6.26. The van der Waals surface area contributed by atoms with Crippen molar-refractivity contribution < 1.29 is 13.2 Å². The first-order valence-corrected chi connectivity index (χ1v) is 11.2. The van der Waals surface area contributed by atoms with Crippen LogP contribution in [0.15, 0.2) is 59.5 Å². The van der Waals surface area contributed by atoms with Gasteiger partial charge in [-0.05, 0) is 30.3 Å². The molecule has 1 fully saturated rings. The fraction of sp³-hybridized carbons (Fsp3) is 0.238. The molecule has 6 nitrogen and oxygen atoms in total. The molecule has 0 spiro atoms. The largest absolute Gasteiger partial charge is 0.495 e. The molecule has 1 heterocycles. The molecule has 0 amide bonds. The lowest BCUT2D eigenvalue weighted by Gasteiger charge is -2.30. The Bertz CT molecular complexity index is 1150. The molecule has 0 unspecified atom stereocenters. The second kappa shape index (κ2) is 8.10. The second-order valence-electron chi connectivity index (χ2n) is 6.82. The quantitative estimate of drug-likeness (QED) is 0.644. The maximum absolute atomic E-state index is 13.1. The average molecular weight is 432 g/mol. The number of methoxy groups -OCH3 is 1. The number of fused-ring (bicyclic) bond motifs is 1. The molecule has 0 aliphatic carbocycles. The van der Waals surface area contributed by atoms with Crippen LogP contribution in [0.4, 0.5) is 11.4 Å². The normalized spacial score (nSPS) is 14.8. The number of sulfonamides is 1. The Labute approximate surface area is 175 Å². The molecule has 0 aromatic heterocycles. The molecule has 8 heteroatoms. The minimum Gasteiger partial charge on any atom is -0.495 e. The summed E-state index contributed by atoms with van der Waals surface area (Å²) in [5.41, 5.74) is 1.27. The van der Waals surface area contributed by atoms with Crippen molar-refractivity contribution in [2.24, 2.45) is 0 Å². The number of rotatable bonds is 5. The Morgan fingerprint density at radius 1 is 1.03 bits per heavy atom. The summed E-state index contributed by atoms with van der Waals surface area (Å²) in [7, 11) is -2.20. The number of halogens is 1. The Balaban J connectivity index is 1.72. The van der Waals surface area contributed by atoms with Crippen LogP contribution in [-0.4, -0.2) is 41.7 Å². The van der Waals surface area contributed by atoms with E-state index in [1.54, 1.807) is 37.4 Å². The van der Waals surface area contributed by atoms with Crippen molar-refractivity contribution in [1.82, 2.24) is 5.32 Å². The van der Waals surface area contributed by atoms with Gasteiger partial charge in [0.15, 0.2) is 0 Å². The van der Waals surface area contributed by atoms with Crippen LogP contribution in [0.5, 0.6) is 5.75 Å². The van der Waals surface area contributed by atoms with Crippen LogP contribution in [0.3, 0.4) is 0 Å². The highest BCUT2D eigenvalue weighted by Gasteiger charge is 2.21. The molecule has 152 valence electrons. The Kier molecular flexibility index (Phi) is 5.54. The zero-order valence-corrected chi connectivity index (χ0v) is 17.6. The molecule has 0 bridgehead atoms. The van der Waals surface area contributed by atoms with E-state index in [-0.39, 0.29) is 4.90 Å². The Morgan fingerprint density at radius 2 is 1.76 bits per heavy atom. The molecule has 1 aliphatic heterocycles. The van der Waals surface area contributed by atoms with Gasteiger partial charge in [0.1, 0.15) is 5.75 Å². The number of hydrogen-bond donors (Lipinski definition) is 2. The third-order valence-corrected chi connectivity index (χ3v) is 6.73. The third-order valence-electron chi connectivity index (χ3n) is 5.03. The fourth-order valence-corrected chi connectivity index (χ4v) is 4.87. The van der Waals surface area contributed by atoms with Crippen LogP contribution in [0.25, 0.3) is 10.8 Å². The number of piperazine rings is 1. The van der Waals surface area contributed by atoms with Gasteiger partial charge in [0.05, 0.1) is 23.4 Å². The van der Waals surface area contributed by atoms with E-state index in [1.807, 2.05) is 24.3 Å². The van der Waals surface area contributed by atoms with Crippen molar-refractivity contribution in [2.75, 3.05) is 42.9 Å². The van der Waals surface area contributed by atoms with Crippen molar-refractivity contribution >= 4 is 43.8 Å². The van der Waals surface area contributed by atoms with Crippen LogP contribution in [0.1, 0.15) is 0 Å². The molecule has 1 saturated heterocycles. The van der Waals surface area contributed by atoms with Gasteiger partial charge in [0.2, 0.25) is 0 Å². The number of anilines is 2. The molecule has 1 aliphatic rings. The monoisotopic (exact) mass is 431 g/mol. The van der Waals surface area contributed by atoms with Crippen molar-refractivity contribution in [3.63, 3.8) is 0 Å². The number of hydrogen-bond acceptors (Lipinski definition) is 5. The summed E-state index contributed by atoms with van der Waals surface area (Å²) in [4.78, 5) is 2.32. The van der Waals surface area contributed by atoms with Gasteiger partial charge in [0, 0.05) is 42.0 Å². The lowest BCUT2D eigenvalue weighted by atomic mass is 10.1. The number of nitrogens with one attached hydrogen (secondary N) is 2. The van der Waals surface area contributed by atoms with E-state index in [0.717, 1.165) is 42.6 Å². The first-order valence-electron chi connectivity index (χ1n) is 9.33. The summed E-state index contributed by atoms with van der Waals surface area (Å²) in [5.74, 6) is 0.655.